The van der Waals surface area contributed by atoms with Crippen molar-refractivity contribution in [2.24, 2.45) is 23.7 Å². The third-order valence-electron chi connectivity index (χ3n) is 8.23. The zero-order chi connectivity index (χ0) is 24.6. The van der Waals surface area contributed by atoms with E-state index in [9.17, 15) is 9.90 Å². The molecule has 0 saturated heterocycles. The number of hydrogen-bond acceptors (Lipinski definition) is 4. The van der Waals surface area contributed by atoms with Crippen molar-refractivity contribution < 1.29 is 19.4 Å². The van der Waals surface area contributed by atoms with Gasteiger partial charge in [0.2, 0.25) is 0 Å². The van der Waals surface area contributed by atoms with Gasteiger partial charge in [-0.1, -0.05) is 88.4 Å². The Hall–Kier alpha value is -2.33. The van der Waals surface area contributed by atoms with E-state index in [-0.39, 0.29) is 25.3 Å². The van der Waals surface area contributed by atoms with Crippen molar-refractivity contribution in [3.8, 4) is 5.75 Å². The van der Waals surface area contributed by atoms with Gasteiger partial charge in [-0.25, -0.2) is 4.79 Å². The lowest BCUT2D eigenvalue weighted by molar-refractivity contribution is -0.147. The SMILES string of the molecule is CCCCC[C@H](C)CC[C@@H]1[C@H]2Cc3cccc(OCC(=O)OCc4ccccc4)c3C[C@H]2C[C@H]1O. The molecule has 5 atom stereocenters. The molecule has 2 aromatic carbocycles. The highest BCUT2D eigenvalue weighted by Gasteiger charge is 2.44. The van der Waals surface area contributed by atoms with E-state index in [0.717, 1.165) is 42.9 Å². The molecule has 0 amide bonds. The molecule has 4 rings (SSSR count). The summed E-state index contributed by atoms with van der Waals surface area (Å²) in [5.74, 6) is 2.62. The first-order valence-electron chi connectivity index (χ1n) is 13.7. The minimum absolute atomic E-state index is 0.0848. The fourth-order valence-electron chi connectivity index (χ4n) is 6.22. The quantitative estimate of drug-likeness (QED) is 0.279. The summed E-state index contributed by atoms with van der Waals surface area (Å²) in [4.78, 5) is 12.3. The highest BCUT2D eigenvalue weighted by molar-refractivity contribution is 5.71. The van der Waals surface area contributed by atoms with Gasteiger partial charge in [0.05, 0.1) is 6.10 Å². The van der Waals surface area contributed by atoms with Crippen LogP contribution in [0.5, 0.6) is 5.75 Å². The number of hydrogen-bond donors (Lipinski definition) is 1. The molecule has 190 valence electrons. The second-order valence-corrected chi connectivity index (χ2v) is 10.8. The molecular formula is C31H42O4. The monoisotopic (exact) mass is 478 g/mol. The molecule has 0 radical (unpaired) electrons. The third kappa shape index (κ3) is 6.88. The van der Waals surface area contributed by atoms with Crippen LogP contribution >= 0.6 is 0 Å². The maximum Gasteiger partial charge on any atom is 0.344 e. The Bertz CT molecular complexity index is 940. The Kier molecular flexibility index (Phi) is 9.25. The number of unbranched alkanes of at least 4 members (excludes halogenated alkanes) is 2. The van der Waals surface area contributed by atoms with E-state index in [1.54, 1.807) is 0 Å². The average molecular weight is 479 g/mol. The summed E-state index contributed by atoms with van der Waals surface area (Å²) in [6, 6.07) is 15.9. The van der Waals surface area contributed by atoms with Crippen LogP contribution in [-0.2, 0) is 29.0 Å². The van der Waals surface area contributed by atoms with Crippen LogP contribution in [0.3, 0.4) is 0 Å². The molecule has 4 nitrogen and oxygen atoms in total. The molecule has 1 N–H and O–H groups in total. The molecular weight excluding hydrogens is 436 g/mol. The van der Waals surface area contributed by atoms with Gasteiger partial charge in [0.1, 0.15) is 12.4 Å². The zero-order valence-corrected chi connectivity index (χ0v) is 21.5. The van der Waals surface area contributed by atoms with Gasteiger partial charge in [0.15, 0.2) is 6.61 Å². The zero-order valence-electron chi connectivity index (χ0n) is 21.5. The summed E-state index contributed by atoms with van der Waals surface area (Å²) in [6.07, 6.45) is 10.2. The van der Waals surface area contributed by atoms with Crippen molar-refractivity contribution in [2.45, 2.75) is 84.3 Å². The number of esters is 1. The first-order chi connectivity index (χ1) is 17.0. The molecule has 1 fully saturated rings. The van der Waals surface area contributed by atoms with Crippen molar-refractivity contribution >= 4 is 5.97 Å². The number of fused-ring (bicyclic) bond motifs is 2. The molecule has 35 heavy (non-hydrogen) atoms. The third-order valence-corrected chi connectivity index (χ3v) is 8.23. The lowest BCUT2D eigenvalue weighted by atomic mass is 9.73. The van der Waals surface area contributed by atoms with Gasteiger partial charge in [-0.3, -0.25) is 0 Å². The molecule has 2 aromatic rings. The van der Waals surface area contributed by atoms with Crippen molar-refractivity contribution in [3.05, 3.63) is 65.2 Å². The lowest BCUT2D eigenvalue weighted by Gasteiger charge is -2.32. The maximum absolute atomic E-state index is 12.3. The van der Waals surface area contributed by atoms with Crippen molar-refractivity contribution in [1.82, 2.24) is 0 Å². The van der Waals surface area contributed by atoms with Gasteiger partial charge in [-0.2, -0.15) is 0 Å². The van der Waals surface area contributed by atoms with E-state index >= 15 is 0 Å². The highest BCUT2D eigenvalue weighted by atomic mass is 16.6. The largest absolute Gasteiger partial charge is 0.482 e. The number of carbonyl (C=O) groups excluding carboxylic acids is 1. The van der Waals surface area contributed by atoms with Gasteiger partial charge in [0.25, 0.3) is 0 Å². The molecule has 1 saturated carbocycles. The maximum atomic E-state index is 12.3. The second-order valence-electron chi connectivity index (χ2n) is 10.8. The molecule has 0 heterocycles. The summed E-state index contributed by atoms with van der Waals surface area (Å²) in [5, 5.41) is 10.9. The molecule has 0 bridgehead atoms. The molecule has 0 spiro atoms. The van der Waals surface area contributed by atoms with E-state index in [0.29, 0.717) is 17.8 Å². The molecule has 2 aliphatic carbocycles. The van der Waals surface area contributed by atoms with Crippen LogP contribution in [0.15, 0.2) is 48.5 Å². The summed E-state index contributed by atoms with van der Waals surface area (Å²) in [7, 11) is 0. The van der Waals surface area contributed by atoms with Gasteiger partial charge in [0, 0.05) is 0 Å². The number of benzene rings is 2. The minimum atomic E-state index is -0.357. The Morgan fingerprint density at radius 1 is 1.06 bits per heavy atom. The smallest absolute Gasteiger partial charge is 0.344 e. The van der Waals surface area contributed by atoms with Crippen molar-refractivity contribution in [3.63, 3.8) is 0 Å². The average Bonchev–Trinajstić information content (AvgIpc) is 3.18. The lowest BCUT2D eigenvalue weighted by Crippen LogP contribution is -2.27. The summed E-state index contributed by atoms with van der Waals surface area (Å²) < 4.78 is 11.3. The van der Waals surface area contributed by atoms with Gasteiger partial charge < -0.3 is 14.6 Å². The number of aliphatic hydroxyl groups is 1. The van der Waals surface area contributed by atoms with Crippen molar-refractivity contribution in [2.75, 3.05) is 6.61 Å². The van der Waals surface area contributed by atoms with Crippen molar-refractivity contribution in [1.29, 1.82) is 0 Å². The highest BCUT2D eigenvalue weighted by Crippen LogP contribution is 2.48. The van der Waals surface area contributed by atoms with Crippen LogP contribution < -0.4 is 4.74 Å². The summed E-state index contributed by atoms with van der Waals surface area (Å²) in [5.41, 5.74) is 3.50. The molecule has 2 aliphatic rings. The number of rotatable bonds is 12. The first kappa shape index (κ1) is 25.8. The number of aliphatic hydroxyl groups excluding tert-OH is 1. The van der Waals surface area contributed by atoms with E-state index in [1.165, 1.54) is 43.2 Å². The van der Waals surface area contributed by atoms with E-state index in [1.807, 2.05) is 42.5 Å². The van der Waals surface area contributed by atoms with Crippen LogP contribution in [0.25, 0.3) is 0 Å². The van der Waals surface area contributed by atoms with E-state index in [2.05, 4.69) is 19.9 Å². The van der Waals surface area contributed by atoms with Crippen LogP contribution in [0.2, 0.25) is 0 Å². The molecule has 0 aliphatic heterocycles. The van der Waals surface area contributed by atoms with Crippen LogP contribution in [-0.4, -0.2) is 23.8 Å². The summed E-state index contributed by atoms with van der Waals surface area (Å²) in [6.45, 7) is 4.81. The van der Waals surface area contributed by atoms with Crippen LogP contribution in [0, 0.1) is 23.7 Å². The van der Waals surface area contributed by atoms with Gasteiger partial charge in [-0.05, 0) is 72.1 Å². The van der Waals surface area contributed by atoms with E-state index < -0.39 is 0 Å². The standard InChI is InChI=1S/C31H42O4/c1-3-4-6-10-22(2)15-16-26-27-17-24-13-9-14-30(28(24)18-25(27)19-29(26)32)34-21-31(33)35-20-23-11-7-5-8-12-23/h5,7-9,11-14,22,25-27,29,32H,3-4,6,10,15-21H2,1-2H3/t22-,25-,26+,27-,29+/m0/s1. The first-order valence-corrected chi connectivity index (χ1v) is 13.7. The molecule has 0 aromatic heterocycles. The minimum Gasteiger partial charge on any atom is -0.482 e. The normalized spacial score (nSPS) is 23.9. The van der Waals surface area contributed by atoms with E-state index in [4.69, 9.17) is 9.47 Å². The van der Waals surface area contributed by atoms with Gasteiger partial charge in [-0.15, -0.1) is 0 Å². The Labute approximate surface area is 211 Å². The number of carbonyl (C=O) groups is 1. The Balaban J connectivity index is 1.31. The molecule has 0 unspecified atom stereocenters. The van der Waals surface area contributed by atoms with Gasteiger partial charge >= 0.3 is 5.97 Å². The fourth-order valence-corrected chi connectivity index (χ4v) is 6.22. The molecule has 4 heteroatoms. The Morgan fingerprint density at radius 2 is 1.89 bits per heavy atom. The predicted molar refractivity (Wildman–Crippen MR) is 139 cm³/mol. The van der Waals surface area contributed by atoms with Crippen LogP contribution in [0.4, 0.5) is 0 Å². The van der Waals surface area contributed by atoms with Crippen LogP contribution in [0.1, 0.15) is 75.5 Å². The fraction of sp³-hybridized carbons (Fsp3) is 0.581. The second kappa shape index (κ2) is 12.6. The summed E-state index contributed by atoms with van der Waals surface area (Å²) >= 11 is 0. The predicted octanol–water partition coefficient (Wildman–Crippen LogP) is 6.52. The topological polar surface area (TPSA) is 55.8 Å². The Morgan fingerprint density at radius 3 is 2.69 bits per heavy atom. The number of ether oxygens (including phenoxy) is 2.